The van der Waals surface area contributed by atoms with Crippen LogP contribution in [0.4, 0.5) is 4.79 Å². The minimum Gasteiger partial charge on any atom is -0.425 e. The Morgan fingerprint density at radius 1 is 1.00 bits per heavy atom. The molecule has 2 saturated heterocycles. The predicted molar refractivity (Wildman–Crippen MR) is 92.6 cm³/mol. The molecule has 0 aliphatic carbocycles. The lowest BCUT2D eigenvalue weighted by molar-refractivity contribution is -0.140. The van der Waals surface area contributed by atoms with Gasteiger partial charge in [0, 0.05) is 31.2 Å². The summed E-state index contributed by atoms with van der Waals surface area (Å²) in [5, 5.41) is 0.811. The van der Waals surface area contributed by atoms with Gasteiger partial charge in [-0.05, 0) is 43.9 Å². The van der Waals surface area contributed by atoms with E-state index in [0.29, 0.717) is 41.7 Å². The molecule has 24 heavy (non-hydrogen) atoms. The number of piperidine rings is 1. The fraction of sp³-hybridized carbons (Fsp3) is 0.529. The number of likely N-dealkylation sites (tertiary alicyclic amines) is 2. The van der Waals surface area contributed by atoms with Crippen molar-refractivity contribution < 1.29 is 14.3 Å². The molecular formula is C17H20Cl2N2O3. The quantitative estimate of drug-likeness (QED) is 0.587. The summed E-state index contributed by atoms with van der Waals surface area (Å²) in [6.07, 6.45) is 3.39. The smallest absolute Gasteiger partial charge is 0.319 e. The number of hydrogen-bond acceptors (Lipinski definition) is 3. The molecule has 3 rings (SSSR count). The molecule has 0 unspecified atom stereocenters. The minimum atomic E-state index is -0.299. The molecule has 0 aromatic heterocycles. The summed E-state index contributed by atoms with van der Waals surface area (Å²) >= 11 is 11.9. The molecule has 7 heteroatoms. The first kappa shape index (κ1) is 17.4. The average Bonchev–Trinajstić information content (AvgIpc) is 3.11. The van der Waals surface area contributed by atoms with Crippen LogP contribution in [0.15, 0.2) is 18.2 Å². The van der Waals surface area contributed by atoms with Crippen LogP contribution in [-0.2, 0) is 4.79 Å². The molecule has 2 aliphatic rings. The van der Waals surface area contributed by atoms with Crippen LogP contribution in [0.25, 0.3) is 0 Å². The molecule has 2 heterocycles. The lowest BCUT2D eigenvalue weighted by atomic mass is 9.97. The monoisotopic (exact) mass is 370 g/mol. The van der Waals surface area contributed by atoms with Crippen LogP contribution in [0.3, 0.4) is 0 Å². The zero-order valence-corrected chi connectivity index (χ0v) is 14.9. The lowest BCUT2D eigenvalue weighted by Gasteiger charge is -2.33. The molecule has 5 nitrogen and oxygen atoms in total. The zero-order chi connectivity index (χ0) is 17.1. The Morgan fingerprint density at radius 2 is 1.62 bits per heavy atom. The van der Waals surface area contributed by atoms with Crippen molar-refractivity contribution in [1.82, 2.24) is 9.80 Å². The minimum absolute atomic E-state index is 0.0973. The van der Waals surface area contributed by atoms with Crippen molar-refractivity contribution in [2.24, 2.45) is 5.92 Å². The standard InChI is InChI=1S/C17H20Cl2N2O3/c18-13-3-4-15(14(19)11-13)24-16(22)12-5-9-21(10-6-12)17(23)20-7-1-2-8-20/h3-4,11-12H,1-2,5-10H2. The van der Waals surface area contributed by atoms with Crippen LogP contribution in [0.1, 0.15) is 25.7 Å². The van der Waals surface area contributed by atoms with Crippen LogP contribution in [0, 0.1) is 5.92 Å². The number of benzene rings is 1. The fourth-order valence-corrected chi connectivity index (χ4v) is 3.61. The maximum Gasteiger partial charge on any atom is 0.319 e. The number of hydrogen-bond donors (Lipinski definition) is 0. The molecule has 2 fully saturated rings. The van der Waals surface area contributed by atoms with Crippen LogP contribution >= 0.6 is 23.2 Å². The van der Waals surface area contributed by atoms with E-state index < -0.39 is 0 Å². The number of nitrogens with zero attached hydrogens (tertiary/aromatic N) is 2. The number of carbonyl (C=O) groups excluding carboxylic acids is 2. The second kappa shape index (κ2) is 7.62. The number of rotatable bonds is 2. The summed E-state index contributed by atoms with van der Waals surface area (Å²) in [6, 6.07) is 4.87. The van der Waals surface area contributed by atoms with Crippen molar-refractivity contribution in [3.05, 3.63) is 28.2 Å². The number of halogens is 2. The highest BCUT2D eigenvalue weighted by Crippen LogP contribution is 2.29. The third-order valence-electron chi connectivity index (χ3n) is 4.58. The summed E-state index contributed by atoms with van der Waals surface area (Å²) < 4.78 is 5.39. The van der Waals surface area contributed by atoms with Gasteiger partial charge in [0.05, 0.1) is 10.9 Å². The third kappa shape index (κ3) is 3.95. The van der Waals surface area contributed by atoms with Crippen molar-refractivity contribution >= 4 is 35.2 Å². The molecule has 0 atom stereocenters. The van der Waals surface area contributed by atoms with Gasteiger partial charge in [-0.2, -0.15) is 0 Å². The van der Waals surface area contributed by atoms with Crippen LogP contribution in [-0.4, -0.2) is 48.0 Å². The van der Waals surface area contributed by atoms with E-state index in [0.717, 1.165) is 25.9 Å². The summed E-state index contributed by atoms with van der Waals surface area (Å²) in [7, 11) is 0. The predicted octanol–water partition coefficient (Wildman–Crippen LogP) is 3.83. The topological polar surface area (TPSA) is 49.9 Å². The first-order chi connectivity index (χ1) is 11.5. The Balaban J connectivity index is 1.52. The van der Waals surface area contributed by atoms with E-state index in [1.165, 1.54) is 0 Å². The fourth-order valence-electron chi connectivity index (χ4n) is 3.16. The summed E-state index contributed by atoms with van der Waals surface area (Å²) in [5.74, 6) is -0.187. The van der Waals surface area contributed by atoms with Crippen LogP contribution < -0.4 is 4.74 Å². The molecule has 2 aliphatic heterocycles. The van der Waals surface area contributed by atoms with Gasteiger partial charge in [-0.25, -0.2) is 4.79 Å². The number of urea groups is 1. The highest BCUT2D eigenvalue weighted by Gasteiger charge is 2.31. The van der Waals surface area contributed by atoms with Gasteiger partial charge in [0.15, 0.2) is 0 Å². The number of carbonyl (C=O) groups is 2. The van der Waals surface area contributed by atoms with E-state index in [9.17, 15) is 9.59 Å². The Kier molecular flexibility index (Phi) is 5.51. The molecule has 0 spiro atoms. The zero-order valence-electron chi connectivity index (χ0n) is 13.3. The SMILES string of the molecule is O=C(Oc1ccc(Cl)cc1Cl)C1CCN(C(=O)N2CCCC2)CC1. The molecule has 0 bridgehead atoms. The summed E-state index contributed by atoms with van der Waals surface area (Å²) in [5.41, 5.74) is 0. The van der Waals surface area contributed by atoms with E-state index in [2.05, 4.69) is 0 Å². The third-order valence-corrected chi connectivity index (χ3v) is 5.11. The molecule has 1 aromatic rings. The lowest BCUT2D eigenvalue weighted by Crippen LogP contribution is -2.46. The van der Waals surface area contributed by atoms with Gasteiger partial charge >= 0.3 is 12.0 Å². The van der Waals surface area contributed by atoms with Gasteiger partial charge in [-0.3, -0.25) is 4.79 Å². The van der Waals surface area contributed by atoms with Crippen molar-refractivity contribution in [2.75, 3.05) is 26.2 Å². The van der Waals surface area contributed by atoms with Crippen molar-refractivity contribution in [1.29, 1.82) is 0 Å². The Bertz CT molecular complexity index is 624. The number of amides is 2. The van der Waals surface area contributed by atoms with Crippen molar-refractivity contribution in [3.8, 4) is 5.75 Å². The van der Waals surface area contributed by atoms with Crippen LogP contribution in [0.2, 0.25) is 10.0 Å². The molecule has 0 radical (unpaired) electrons. The van der Waals surface area contributed by atoms with E-state index in [4.69, 9.17) is 27.9 Å². The van der Waals surface area contributed by atoms with Gasteiger partial charge in [-0.1, -0.05) is 23.2 Å². The second-order valence-corrected chi connectivity index (χ2v) is 7.08. The van der Waals surface area contributed by atoms with Gasteiger partial charge in [-0.15, -0.1) is 0 Å². The number of esters is 1. The Labute approximate surface area is 151 Å². The number of ether oxygens (including phenoxy) is 1. The molecule has 0 N–H and O–H groups in total. The highest BCUT2D eigenvalue weighted by atomic mass is 35.5. The largest absolute Gasteiger partial charge is 0.425 e. The molecular weight excluding hydrogens is 351 g/mol. The molecule has 130 valence electrons. The maximum atomic E-state index is 12.4. The first-order valence-corrected chi connectivity index (χ1v) is 9.01. The molecule has 0 saturated carbocycles. The molecule has 1 aromatic carbocycles. The maximum absolute atomic E-state index is 12.4. The summed E-state index contributed by atoms with van der Waals surface area (Å²) in [6.45, 7) is 2.86. The van der Waals surface area contributed by atoms with Gasteiger partial charge in [0.2, 0.25) is 0 Å². The summed E-state index contributed by atoms with van der Waals surface area (Å²) in [4.78, 5) is 28.4. The second-order valence-electron chi connectivity index (χ2n) is 6.23. The van der Waals surface area contributed by atoms with Crippen molar-refractivity contribution in [3.63, 3.8) is 0 Å². The highest BCUT2D eigenvalue weighted by molar-refractivity contribution is 6.35. The van der Waals surface area contributed by atoms with E-state index in [1.807, 2.05) is 9.80 Å². The Morgan fingerprint density at radius 3 is 2.25 bits per heavy atom. The van der Waals surface area contributed by atoms with E-state index in [1.54, 1.807) is 18.2 Å². The van der Waals surface area contributed by atoms with E-state index >= 15 is 0 Å². The van der Waals surface area contributed by atoms with Gasteiger partial charge < -0.3 is 14.5 Å². The van der Waals surface area contributed by atoms with E-state index in [-0.39, 0.29) is 17.9 Å². The van der Waals surface area contributed by atoms with Gasteiger partial charge in [0.1, 0.15) is 5.75 Å². The normalized spacial score (nSPS) is 18.8. The Hall–Kier alpha value is -1.46. The molecule has 2 amide bonds. The average molecular weight is 371 g/mol. The van der Waals surface area contributed by atoms with Crippen molar-refractivity contribution in [2.45, 2.75) is 25.7 Å². The van der Waals surface area contributed by atoms with Gasteiger partial charge in [0.25, 0.3) is 0 Å². The first-order valence-electron chi connectivity index (χ1n) is 8.25. The van der Waals surface area contributed by atoms with Crippen LogP contribution in [0.5, 0.6) is 5.75 Å².